The molecule has 0 fully saturated rings. The number of furan rings is 1. The summed E-state index contributed by atoms with van der Waals surface area (Å²) in [5, 5.41) is 24.8. The normalized spacial score (nSPS) is 14.7. The lowest BCUT2D eigenvalue weighted by molar-refractivity contribution is -0.143. The number of fused-ring (bicyclic) bond motifs is 1. The number of rotatable bonds is 9. The minimum Gasteiger partial charge on any atom is -0.479 e. The van der Waals surface area contributed by atoms with Gasteiger partial charge in [-0.05, 0) is 40.5 Å². The number of nitrogens with zero attached hydrogens (tertiary/aromatic N) is 6. The molecule has 1 unspecified atom stereocenters. The Morgan fingerprint density at radius 1 is 1.07 bits per heavy atom. The Labute approximate surface area is 235 Å². The van der Waals surface area contributed by atoms with Crippen molar-refractivity contribution in [2.45, 2.75) is 45.2 Å². The second-order valence-corrected chi connectivity index (χ2v) is 9.99. The number of carbonyl (C=O) groups excluding carboxylic acids is 1. The summed E-state index contributed by atoms with van der Waals surface area (Å²) in [4.78, 5) is 32.2. The molecule has 1 amide bonds. The Balaban J connectivity index is 1.35. The Morgan fingerprint density at radius 3 is 2.56 bits per heavy atom. The smallest absolute Gasteiger partial charge is 0.332 e. The largest absolute Gasteiger partial charge is 0.479 e. The van der Waals surface area contributed by atoms with Crippen LogP contribution >= 0.6 is 0 Å². The van der Waals surface area contributed by atoms with Crippen LogP contribution in [0.25, 0.3) is 22.5 Å². The summed E-state index contributed by atoms with van der Waals surface area (Å²) in [5.74, 6) is -0.0674. The molecule has 0 saturated heterocycles. The number of aryl methyl sites for hydroxylation is 1. The summed E-state index contributed by atoms with van der Waals surface area (Å²) >= 11 is 0. The number of carboxylic acids is 1. The summed E-state index contributed by atoms with van der Waals surface area (Å²) in [6.07, 6.45) is 4.52. The lowest BCUT2D eigenvalue weighted by Gasteiger charge is -2.33. The number of carbonyl (C=O) groups is 2. The van der Waals surface area contributed by atoms with Crippen molar-refractivity contribution >= 4 is 11.9 Å². The van der Waals surface area contributed by atoms with Gasteiger partial charge in [-0.2, -0.15) is 5.21 Å². The Bertz CT molecular complexity index is 1660. The molecule has 41 heavy (non-hydrogen) atoms. The maximum Gasteiger partial charge on any atom is 0.332 e. The summed E-state index contributed by atoms with van der Waals surface area (Å²) in [7, 11) is 0. The Kier molecular flexibility index (Phi) is 7.15. The maximum absolute atomic E-state index is 13.2. The average molecular weight is 552 g/mol. The highest BCUT2D eigenvalue weighted by atomic mass is 16.4. The number of nitrogens with one attached hydrogen (secondary N) is 1. The number of hydrogen-bond donors (Lipinski definition) is 2. The third-order valence-electron chi connectivity index (χ3n) is 7.42. The first kappa shape index (κ1) is 26.2. The topological polar surface area (TPSA) is 143 Å². The molecule has 1 atom stereocenters. The third kappa shape index (κ3) is 5.02. The van der Waals surface area contributed by atoms with Crippen LogP contribution in [0, 0.1) is 0 Å². The van der Waals surface area contributed by atoms with Crippen molar-refractivity contribution in [2.75, 3.05) is 6.54 Å². The molecule has 0 aliphatic carbocycles. The highest BCUT2D eigenvalue weighted by molar-refractivity contribution is 5.95. The van der Waals surface area contributed by atoms with Crippen molar-refractivity contribution in [3.63, 3.8) is 0 Å². The van der Waals surface area contributed by atoms with Gasteiger partial charge in [-0.15, -0.1) is 10.2 Å². The van der Waals surface area contributed by atoms with Gasteiger partial charge in [0.2, 0.25) is 5.82 Å². The minimum absolute atomic E-state index is 0.119. The monoisotopic (exact) mass is 551 g/mol. The van der Waals surface area contributed by atoms with Crippen LogP contribution in [-0.4, -0.2) is 58.6 Å². The van der Waals surface area contributed by atoms with Gasteiger partial charge in [0.1, 0.15) is 5.82 Å². The fraction of sp³-hybridized carbons (Fsp3) is 0.267. The molecule has 2 N–H and O–H groups in total. The van der Waals surface area contributed by atoms with Gasteiger partial charge in [-0.25, -0.2) is 9.78 Å². The zero-order chi connectivity index (χ0) is 28.3. The zero-order valence-corrected chi connectivity index (χ0v) is 22.5. The van der Waals surface area contributed by atoms with Crippen LogP contribution in [0.3, 0.4) is 0 Å². The molecule has 3 aromatic heterocycles. The van der Waals surface area contributed by atoms with E-state index in [9.17, 15) is 14.7 Å². The van der Waals surface area contributed by atoms with E-state index in [1.54, 1.807) is 12.1 Å². The number of aliphatic carboxylic acids is 1. The number of carboxylic acid groups (broad SMARTS) is 1. The van der Waals surface area contributed by atoms with Gasteiger partial charge in [0, 0.05) is 31.5 Å². The molecule has 1 aliphatic heterocycles. The first-order chi connectivity index (χ1) is 20.0. The number of amides is 1. The van der Waals surface area contributed by atoms with Crippen LogP contribution in [0.1, 0.15) is 59.1 Å². The number of unbranched alkanes of at least 4 members (excludes halogenated alkanes) is 1. The number of imidazole rings is 1. The van der Waals surface area contributed by atoms with Crippen LogP contribution < -0.4 is 0 Å². The first-order valence-electron chi connectivity index (χ1n) is 13.6. The van der Waals surface area contributed by atoms with E-state index in [0.717, 1.165) is 53.0 Å². The van der Waals surface area contributed by atoms with Gasteiger partial charge in [0.25, 0.3) is 5.91 Å². The molecule has 2 aromatic carbocycles. The lowest BCUT2D eigenvalue weighted by Crippen LogP contribution is -2.44. The van der Waals surface area contributed by atoms with Gasteiger partial charge in [-0.1, -0.05) is 61.9 Å². The molecule has 0 bridgehead atoms. The molecule has 4 heterocycles. The number of tetrazole rings is 1. The SMILES string of the molecule is CCCCc1nc2c(n1Cc1ccc(-c3ccccc3-c3nn[nH]n3)cc1)C(C(=O)O)N(C(=O)c1ccco1)CC2. The van der Waals surface area contributed by atoms with E-state index in [4.69, 9.17) is 9.40 Å². The zero-order valence-electron chi connectivity index (χ0n) is 22.5. The van der Waals surface area contributed by atoms with Gasteiger partial charge >= 0.3 is 5.97 Å². The summed E-state index contributed by atoms with van der Waals surface area (Å²) in [6.45, 7) is 2.80. The van der Waals surface area contributed by atoms with E-state index in [1.807, 2.05) is 53.1 Å². The second-order valence-electron chi connectivity index (χ2n) is 9.99. The highest BCUT2D eigenvalue weighted by Crippen LogP contribution is 2.34. The van der Waals surface area contributed by atoms with E-state index < -0.39 is 17.9 Å². The number of benzene rings is 2. The molecular formula is C30H29N7O4. The fourth-order valence-corrected chi connectivity index (χ4v) is 5.45. The summed E-state index contributed by atoms with van der Waals surface area (Å²) in [5.41, 5.74) is 5.11. The second kappa shape index (κ2) is 11.2. The number of aromatic nitrogens is 6. The van der Waals surface area contributed by atoms with Crippen LogP contribution in [-0.2, 0) is 24.2 Å². The standard InChI is InChI=1S/C30H29N7O4/c1-2-3-10-25-31-23-15-16-36(29(38)24-9-6-17-41-24)27(30(39)40)26(23)37(25)18-19-11-13-20(14-12-19)21-7-4-5-8-22(21)28-32-34-35-33-28/h4-9,11-14,17,27H,2-3,10,15-16,18H2,1H3,(H,39,40)(H,32,33,34,35). The van der Waals surface area contributed by atoms with Crippen molar-refractivity contribution < 1.29 is 19.1 Å². The molecule has 5 aromatic rings. The number of aromatic amines is 1. The maximum atomic E-state index is 13.2. The van der Waals surface area contributed by atoms with E-state index in [-0.39, 0.29) is 12.3 Å². The predicted molar refractivity (Wildman–Crippen MR) is 149 cm³/mol. The minimum atomic E-state index is -1.17. The van der Waals surface area contributed by atoms with E-state index >= 15 is 0 Å². The van der Waals surface area contributed by atoms with Gasteiger partial charge in [-0.3, -0.25) is 4.79 Å². The summed E-state index contributed by atoms with van der Waals surface area (Å²) < 4.78 is 7.30. The molecule has 11 nitrogen and oxygen atoms in total. The highest BCUT2D eigenvalue weighted by Gasteiger charge is 2.41. The van der Waals surface area contributed by atoms with Crippen molar-refractivity contribution in [3.8, 4) is 22.5 Å². The summed E-state index contributed by atoms with van der Waals surface area (Å²) in [6, 6.07) is 18.0. The number of H-pyrrole nitrogens is 1. The first-order valence-corrected chi connectivity index (χ1v) is 13.6. The van der Waals surface area contributed by atoms with Crippen LogP contribution in [0.5, 0.6) is 0 Å². The Morgan fingerprint density at radius 2 is 1.88 bits per heavy atom. The third-order valence-corrected chi connectivity index (χ3v) is 7.42. The van der Waals surface area contributed by atoms with E-state index in [0.29, 0.717) is 24.5 Å². The van der Waals surface area contributed by atoms with Crippen molar-refractivity contribution in [2.24, 2.45) is 0 Å². The molecule has 0 saturated carbocycles. The lowest BCUT2D eigenvalue weighted by atomic mass is 9.98. The van der Waals surface area contributed by atoms with Gasteiger partial charge in [0.15, 0.2) is 11.8 Å². The van der Waals surface area contributed by atoms with Crippen molar-refractivity contribution in [1.29, 1.82) is 0 Å². The van der Waals surface area contributed by atoms with Crippen LogP contribution in [0.15, 0.2) is 71.3 Å². The molecular weight excluding hydrogens is 522 g/mol. The van der Waals surface area contributed by atoms with E-state index in [2.05, 4.69) is 27.5 Å². The Hall–Kier alpha value is -5.06. The van der Waals surface area contributed by atoms with Crippen molar-refractivity contribution in [1.82, 2.24) is 35.1 Å². The fourth-order valence-electron chi connectivity index (χ4n) is 5.45. The van der Waals surface area contributed by atoms with Crippen LogP contribution in [0.4, 0.5) is 0 Å². The molecule has 11 heteroatoms. The molecule has 6 rings (SSSR count). The number of hydrogen-bond acceptors (Lipinski definition) is 7. The molecule has 0 radical (unpaired) electrons. The quantitative estimate of drug-likeness (QED) is 0.272. The molecule has 1 aliphatic rings. The van der Waals surface area contributed by atoms with Gasteiger partial charge < -0.3 is 19.0 Å². The molecule has 208 valence electrons. The predicted octanol–water partition coefficient (Wildman–Crippen LogP) is 4.54. The van der Waals surface area contributed by atoms with E-state index in [1.165, 1.54) is 11.2 Å². The van der Waals surface area contributed by atoms with Crippen molar-refractivity contribution in [3.05, 3.63) is 95.5 Å². The van der Waals surface area contributed by atoms with Gasteiger partial charge in [0.05, 0.1) is 17.7 Å². The average Bonchev–Trinajstić information content (AvgIpc) is 3.78. The van der Waals surface area contributed by atoms with Crippen LogP contribution in [0.2, 0.25) is 0 Å². The molecule has 0 spiro atoms.